The Bertz CT molecular complexity index is 476. The number of nitrogens with zero attached hydrogens (tertiary/aromatic N) is 2. The van der Waals surface area contributed by atoms with Crippen molar-refractivity contribution < 1.29 is 4.79 Å². The molecular formula is C14H21N3O. The van der Waals surface area contributed by atoms with Crippen LogP contribution in [0, 0.1) is 19.8 Å². The van der Waals surface area contributed by atoms with Gasteiger partial charge in [-0.2, -0.15) is 0 Å². The van der Waals surface area contributed by atoms with Crippen molar-refractivity contribution in [3.8, 4) is 0 Å². The molecule has 0 spiro atoms. The highest BCUT2D eigenvalue weighted by molar-refractivity contribution is 5.96. The number of carbonyl (C=O) groups is 1. The van der Waals surface area contributed by atoms with E-state index in [2.05, 4.69) is 18.8 Å². The standard InChI is InChI=1S/C14H21N3O/c1-9(2)14(15)7-17(8-14)13(18)12-6-5-10(3)16-11(12)4/h5-6,9H,7-8,15H2,1-4H3. The topological polar surface area (TPSA) is 59.2 Å². The summed E-state index contributed by atoms with van der Waals surface area (Å²) >= 11 is 0. The largest absolute Gasteiger partial charge is 0.335 e. The number of nitrogens with two attached hydrogens (primary N) is 1. The van der Waals surface area contributed by atoms with Gasteiger partial charge in [-0.3, -0.25) is 9.78 Å². The zero-order valence-corrected chi connectivity index (χ0v) is 11.5. The molecule has 0 aromatic carbocycles. The van der Waals surface area contributed by atoms with Crippen LogP contribution in [0.3, 0.4) is 0 Å². The molecular weight excluding hydrogens is 226 g/mol. The predicted octanol–water partition coefficient (Wildman–Crippen LogP) is 1.51. The Balaban J connectivity index is 2.11. The Hall–Kier alpha value is -1.42. The lowest BCUT2D eigenvalue weighted by Crippen LogP contribution is -2.71. The monoisotopic (exact) mass is 247 g/mol. The molecule has 0 bridgehead atoms. The summed E-state index contributed by atoms with van der Waals surface area (Å²) in [6, 6.07) is 3.73. The summed E-state index contributed by atoms with van der Waals surface area (Å²) < 4.78 is 0. The number of carbonyl (C=O) groups excluding carboxylic acids is 1. The van der Waals surface area contributed by atoms with Crippen LogP contribution in [0.1, 0.15) is 35.6 Å². The maximum absolute atomic E-state index is 12.3. The number of amides is 1. The molecule has 2 heterocycles. The first-order valence-corrected chi connectivity index (χ1v) is 6.36. The van der Waals surface area contributed by atoms with Crippen molar-refractivity contribution in [3.05, 3.63) is 29.1 Å². The van der Waals surface area contributed by atoms with E-state index in [0.717, 1.165) is 11.4 Å². The van der Waals surface area contributed by atoms with Gasteiger partial charge in [0, 0.05) is 18.8 Å². The van der Waals surface area contributed by atoms with Gasteiger partial charge < -0.3 is 10.6 Å². The highest BCUT2D eigenvalue weighted by Crippen LogP contribution is 2.27. The van der Waals surface area contributed by atoms with Crippen LogP contribution in [0.25, 0.3) is 0 Å². The second-order valence-corrected chi connectivity index (χ2v) is 5.63. The lowest BCUT2D eigenvalue weighted by atomic mass is 9.80. The molecule has 1 aliphatic rings. The van der Waals surface area contributed by atoms with Crippen LogP contribution >= 0.6 is 0 Å². The third kappa shape index (κ3) is 2.12. The van der Waals surface area contributed by atoms with Gasteiger partial charge in [-0.05, 0) is 31.9 Å². The second-order valence-electron chi connectivity index (χ2n) is 5.63. The fraction of sp³-hybridized carbons (Fsp3) is 0.571. The van der Waals surface area contributed by atoms with Crippen LogP contribution in [-0.4, -0.2) is 34.4 Å². The number of likely N-dealkylation sites (tertiary alicyclic amines) is 1. The third-order valence-corrected chi connectivity index (χ3v) is 3.86. The van der Waals surface area contributed by atoms with E-state index in [1.165, 1.54) is 0 Å². The van der Waals surface area contributed by atoms with Gasteiger partial charge >= 0.3 is 0 Å². The maximum atomic E-state index is 12.3. The van der Waals surface area contributed by atoms with E-state index in [-0.39, 0.29) is 11.4 Å². The first-order chi connectivity index (χ1) is 8.33. The number of hydrogen-bond acceptors (Lipinski definition) is 3. The molecule has 2 N–H and O–H groups in total. The summed E-state index contributed by atoms with van der Waals surface area (Å²) in [6.07, 6.45) is 0. The van der Waals surface area contributed by atoms with Gasteiger partial charge in [0.05, 0.1) is 16.8 Å². The minimum atomic E-state index is -0.221. The highest BCUT2D eigenvalue weighted by atomic mass is 16.2. The van der Waals surface area contributed by atoms with Gasteiger partial charge in [-0.15, -0.1) is 0 Å². The highest BCUT2D eigenvalue weighted by Gasteiger charge is 2.44. The van der Waals surface area contributed by atoms with E-state index in [9.17, 15) is 4.79 Å². The van der Waals surface area contributed by atoms with E-state index in [1.807, 2.05) is 26.0 Å². The average molecular weight is 247 g/mol. The lowest BCUT2D eigenvalue weighted by molar-refractivity contribution is 0.0274. The van der Waals surface area contributed by atoms with Crippen LogP contribution in [0.2, 0.25) is 0 Å². The first kappa shape index (κ1) is 13.0. The first-order valence-electron chi connectivity index (χ1n) is 6.36. The van der Waals surface area contributed by atoms with Crippen LogP contribution in [0.15, 0.2) is 12.1 Å². The molecule has 4 heteroatoms. The molecule has 0 unspecified atom stereocenters. The molecule has 4 nitrogen and oxygen atoms in total. The molecule has 0 radical (unpaired) electrons. The van der Waals surface area contributed by atoms with Crippen molar-refractivity contribution in [2.24, 2.45) is 11.7 Å². The third-order valence-electron chi connectivity index (χ3n) is 3.86. The average Bonchev–Trinajstić information content (AvgIpc) is 2.23. The van der Waals surface area contributed by atoms with Gasteiger partial charge in [-0.1, -0.05) is 13.8 Å². The molecule has 0 aliphatic carbocycles. The molecule has 1 fully saturated rings. The molecule has 18 heavy (non-hydrogen) atoms. The fourth-order valence-electron chi connectivity index (χ4n) is 2.26. The van der Waals surface area contributed by atoms with Crippen molar-refractivity contribution in [1.82, 2.24) is 9.88 Å². The summed E-state index contributed by atoms with van der Waals surface area (Å²) in [5.41, 5.74) is 8.39. The van der Waals surface area contributed by atoms with Gasteiger partial charge in [0.2, 0.25) is 0 Å². The van der Waals surface area contributed by atoms with Crippen LogP contribution < -0.4 is 5.73 Å². The molecule has 1 aromatic rings. The molecule has 2 rings (SSSR count). The molecule has 1 aliphatic heterocycles. The minimum absolute atomic E-state index is 0.0433. The van der Waals surface area contributed by atoms with Gasteiger partial charge in [0.25, 0.3) is 5.91 Å². The number of aromatic nitrogens is 1. The van der Waals surface area contributed by atoms with Gasteiger partial charge in [0.15, 0.2) is 0 Å². The number of pyridine rings is 1. The van der Waals surface area contributed by atoms with Crippen molar-refractivity contribution in [3.63, 3.8) is 0 Å². The summed E-state index contributed by atoms with van der Waals surface area (Å²) in [4.78, 5) is 18.4. The number of aryl methyl sites for hydroxylation is 2. The van der Waals surface area contributed by atoms with Crippen LogP contribution in [-0.2, 0) is 0 Å². The zero-order chi connectivity index (χ0) is 13.5. The molecule has 0 atom stereocenters. The smallest absolute Gasteiger partial charge is 0.255 e. The van der Waals surface area contributed by atoms with E-state index >= 15 is 0 Å². The van der Waals surface area contributed by atoms with E-state index in [1.54, 1.807) is 4.90 Å². The molecule has 0 saturated carbocycles. The maximum Gasteiger partial charge on any atom is 0.255 e. The van der Waals surface area contributed by atoms with Gasteiger partial charge in [-0.25, -0.2) is 0 Å². The van der Waals surface area contributed by atoms with Crippen LogP contribution in [0.4, 0.5) is 0 Å². The minimum Gasteiger partial charge on any atom is -0.335 e. The fourth-order valence-corrected chi connectivity index (χ4v) is 2.26. The predicted molar refractivity (Wildman–Crippen MR) is 71.4 cm³/mol. The molecule has 1 aromatic heterocycles. The Morgan fingerprint density at radius 1 is 1.39 bits per heavy atom. The Labute approximate surface area is 108 Å². The van der Waals surface area contributed by atoms with Crippen LogP contribution in [0.5, 0.6) is 0 Å². The van der Waals surface area contributed by atoms with E-state index in [4.69, 9.17) is 5.73 Å². The Kier molecular flexibility index (Phi) is 3.15. The number of hydrogen-bond donors (Lipinski definition) is 1. The lowest BCUT2D eigenvalue weighted by Gasteiger charge is -2.50. The summed E-state index contributed by atoms with van der Waals surface area (Å²) in [7, 11) is 0. The molecule has 1 saturated heterocycles. The summed E-state index contributed by atoms with van der Waals surface area (Å²) in [5, 5.41) is 0. The van der Waals surface area contributed by atoms with Crippen molar-refractivity contribution in [1.29, 1.82) is 0 Å². The zero-order valence-electron chi connectivity index (χ0n) is 11.5. The second kappa shape index (κ2) is 4.35. The molecule has 1 amide bonds. The Morgan fingerprint density at radius 3 is 2.50 bits per heavy atom. The van der Waals surface area contributed by atoms with Crippen molar-refractivity contribution in [2.45, 2.75) is 33.2 Å². The SMILES string of the molecule is Cc1ccc(C(=O)N2CC(N)(C(C)C)C2)c(C)n1. The molecule has 98 valence electrons. The Morgan fingerprint density at radius 2 is 2.00 bits per heavy atom. The van der Waals surface area contributed by atoms with E-state index in [0.29, 0.717) is 24.6 Å². The van der Waals surface area contributed by atoms with Crippen molar-refractivity contribution in [2.75, 3.05) is 13.1 Å². The van der Waals surface area contributed by atoms with E-state index < -0.39 is 0 Å². The normalized spacial score (nSPS) is 17.8. The van der Waals surface area contributed by atoms with Crippen molar-refractivity contribution >= 4 is 5.91 Å². The quantitative estimate of drug-likeness (QED) is 0.861. The summed E-state index contributed by atoms with van der Waals surface area (Å²) in [5.74, 6) is 0.431. The number of rotatable bonds is 2. The van der Waals surface area contributed by atoms with Gasteiger partial charge in [0.1, 0.15) is 0 Å². The summed E-state index contributed by atoms with van der Waals surface area (Å²) in [6.45, 7) is 9.27.